The SMILES string of the molecule is CCOOCCCCCn1nnc(-c2ccc([C@H](c3cccc(O)c3)N3CCN(Cc4ccccc4)C[C@@H]3C)cc2)n1. The van der Waals surface area contributed by atoms with Gasteiger partial charge in [0.05, 0.1) is 25.8 Å². The van der Waals surface area contributed by atoms with Crippen LogP contribution in [-0.4, -0.2) is 74.0 Å². The summed E-state index contributed by atoms with van der Waals surface area (Å²) in [6, 6.07) is 27.2. The lowest BCUT2D eigenvalue weighted by molar-refractivity contribution is -0.291. The van der Waals surface area contributed by atoms with Crippen LogP contribution in [0.15, 0.2) is 78.9 Å². The van der Waals surface area contributed by atoms with Crippen molar-refractivity contribution in [1.82, 2.24) is 30.0 Å². The molecule has 0 amide bonds. The monoisotopic (exact) mass is 570 g/mol. The van der Waals surface area contributed by atoms with Gasteiger partial charge in [-0.25, -0.2) is 9.78 Å². The standard InChI is InChI=1S/C33H42N6O3/c1-3-41-42-22-9-5-8-19-39-35-33(34-36-39)29-17-15-28(16-18-29)32(30-13-10-14-31(40)23-30)38-21-20-37(24-26(38)2)25-27-11-6-4-7-12-27/h4,6-7,10-18,23,26,32,40H,3,5,8-9,19-22,24-25H2,1-2H3/t26-,32+/m0/s1. The molecule has 0 spiro atoms. The largest absolute Gasteiger partial charge is 0.508 e. The molecule has 4 aromatic rings. The van der Waals surface area contributed by atoms with Crippen molar-refractivity contribution in [2.75, 3.05) is 32.8 Å². The molecular formula is C33H42N6O3. The zero-order valence-corrected chi connectivity index (χ0v) is 24.7. The summed E-state index contributed by atoms with van der Waals surface area (Å²) in [7, 11) is 0. The molecule has 9 heteroatoms. The Bertz CT molecular complexity index is 1360. The molecule has 1 fully saturated rings. The van der Waals surface area contributed by atoms with Crippen LogP contribution in [0.3, 0.4) is 0 Å². The molecule has 1 aliphatic rings. The predicted octanol–water partition coefficient (Wildman–Crippen LogP) is 5.48. The van der Waals surface area contributed by atoms with Crippen molar-refractivity contribution in [1.29, 1.82) is 0 Å². The van der Waals surface area contributed by atoms with Gasteiger partial charge in [0.25, 0.3) is 0 Å². The first-order valence-electron chi connectivity index (χ1n) is 15.0. The lowest BCUT2D eigenvalue weighted by Gasteiger charge is -2.44. The van der Waals surface area contributed by atoms with Crippen LogP contribution in [0.2, 0.25) is 0 Å². The molecule has 222 valence electrons. The Kier molecular flexibility index (Phi) is 10.7. The van der Waals surface area contributed by atoms with Gasteiger partial charge >= 0.3 is 0 Å². The van der Waals surface area contributed by atoms with E-state index in [0.29, 0.717) is 31.6 Å². The molecule has 1 saturated heterocycles. The summed E-state index contributed by atoms with van der Waals surface area (Å²) in [6.45, 7) is 9.95. The van der Waals surface area contributed by atoms with Crippen LogP contribution >= 0.6 is 0 Å². The van der Waals surface area contributed by atoms with Crippen LogP contribution in [0.1, 0.15) is 55.8 Å². The lowest BCUT2D eigenvalue weighted by atomic mass is 9.93. The molecular weight excluding hydrogens is 528 g/mol. The zero-order valence-electron chi connectivity index (χ0n) is 24.7. The fourth-order valence-electron chi connectivity index (χ4n) is 5.69. The third-order valence-electron chi connectivity index (χ3n) is 7.75. The first-order valence-corrected chi connectivity index (χ1v) is 15.0. The van der Waals surface area contributed by atoms with Gasteiger partial charge in [0.2, 0.25) is 5.82 Å². The molecule has 0 bridgehead atoms. The molecule has 9 nitrogen and oxygen atoms in total. The second-order valence-electron chi connectivity index (χ2n) is 10.9. The van der Waals surface area contributed by atoms with Gasteiger partial charge in [0, 0.05) is 37.8 Å². The average Bonchev–Trinajstić information content (AvgIpc) is 3.48. The normalized spacial score (nSPS) is 17.0. The first-order chi connectivity index (χ1) is 20.6. The number of phenols is 1. The molecule has 42 heavy (non-hydrogen) atoms. The molecule has 3 aromatic carbocycles. The van der Waals surface area contributed by atoms with Crippen LogP contribution in [0.4, 0.5) is 0 Å². The van der Waals surface area contributed by atoms with E-state index in [1.54, 1.807) is 10.9 Å². The number of hydrogen-bond donors (Lipinski definition) is 1. The van der Waals surface area contributed by atoms with Crippen LogP contribution < -0.4 is 0 Å². The summed E-state index contributed by atoms with van der Waals surface area (Å²) in [5.74, 6) is 0.908. The third kappa shape index (κ3) is 8.01. The number of hydrogen-bond acceptors (Lipinski definition) is 8. The van der Waals surface area contributed by atoms with E-state index in [2.05, 4.69) is 92.8 Å². The van der Waals surface area contributed by atoms with E-state index in [9.17, 15) is 5.11 Å². The van der Waals surface area contributed by atoms with Crippen LogP contribution in [0.5, 0.6) is 5.75 Å². The lowest BCUT2D eigenvalue weighted by Crippen LogP contribution is -2.52. The van der Waals surface area contributed by atoms with Crippen LogP contribution in [0, 0.1) is 0 Å². The van der Waals surface area contributed by atoms with Gasteiger partial charge in [-0.2, -0.15) is 4.80 Å². The van der Waals surface area contributed by atoms with E-state index in [4.69, 9.17) is 9.78 Å². The van der Waals surface area contributed by atoms with Gasteiger partial charge in [0.1, 0.15) is 5.75 Å². The van der Waals surface area contributed by atoms with Crippen molar-refractivity contribution in [3.63, 3.8) is 0 Å². The van der Waals surface area contributed by atoms with Crippen molar-refractivity contribution in [2.24, 2.45) is 0 Å². The summed E-state index contributed by atoms with van der Waals surface area (Å²) >= 11 is 0. The van der Waals surface area contributed by atoms with E-state index in [-0.39, 0.29) is 11.8 Å². The van der Waals surface area contributed by atoms with Crippen LogP contribution in [-0.2, 0) is 22.9 Å². The molecule has 1 aromatic heterocycles. The van der Waals surface area contributed by atoms with Gasteiger partial charge in [-0.1, -0.05) is 66.7 Å². The maximum atomic E-state index is 10.3. The highest BCUT2D eigenvalue weighted by molar-refractivity contribution is 5.55. The number of unbranched alkanes of at least 4 members (excludes halogenated alkanes) is 2. The van der Waals surface area contributed by atoms with Gasteiger partial charge < -0.3 is 5.11 Å². The number of phenolic OH excluding ortho intramolecular Hbond substituents is 1. The fraction of sp³-hybridized carbons (Fsp3) is 0.424. The topological polar surface area (TPSA) is 88.8 Å². The Hall–Kier alpha value is -3.63. The number of nitrogens with zero attached hydrogens (tertiary/aromatic N) is 6. The van der Waals surface area contributed by atoms with E-state index in [1.807, 2.05) is 19.1 Å². The Labute approximate surface area is 248 Å². The van der Waals surface area contributed by atoms with Crippen molar-refractivity contribution in [3.8, 4) is 17.1 Å². The first kappa shape index (κ1) is 29.8. The summed E-state index contributed by atoms with van der Waals surface area (Å²) in [5, 5.41) is 23.5. The fourth-order valence-corrected chi connectivity index (χ4v) is 5.69. The molecule has 1 aliphatic heterocycles. The Balaban J connectivity index is 1.25. The number of tetrazole rings is 1. The number of benzene rings is 3. The highest BCUT2D eigenvalue weighted by atomic mass is 17.2. The van der Waals surface area contributed by atoms with Crippen molar-refractivity contribution >= 4 is 0 Å². The highest BCUT2D eigenvalue weighted by Gasteiger charge is 2.31. The minimum atomic E-state index is 0.0235. The van der Waals surface area contributed by atoms with Gasteiger partial charge in [-0.15, -0.1) is 10.2 Å². The zero-order chi connectivity index (χ0) is 29.1. The summed E-state index contributed by atoms with van der Waals surface area (Å²) < 4.78 is 0. The Morgan fingerprint density at radius 2 is 1.74 bits per heavy atom. The molecule has 1 N–H and O–H groups in total. The number of aromatic hydroxyl groups is 1. The summed E-state index contributed by atoms with van der Waals surface area (Å²) in [6.07, 6.45) is 2.89. The smallest absolute Gasteiger partial charge is 0.204 e. The van der Waals surface area contributed by atoms with E-state index < -0.39 is 0 Å². The molecule has 5 rings (SSSR count). The number of piperazine rings is 1. The second-order valence-corrected chi connectivity index (χ2v) is 10.9. The third-order valence-corrected chi connectivity index (χ3v) is 7.75. The second kappa shape index (κ2) is 15.0. The van der Waals surface area contributed by atoms with Crippen molar-refractivity contribution in [2.45, 2.75) is 58.3 Å². The maximum absolute atomic E-state index is 10.3. The van der Waals surface area contributed by atoms with Crippen LogP contribution in [0.25, 0.3) is 11.4 Å². The minimum absolute atomic E-state index is 0.0235. The average molecular weight is 571 g/mol. The number of aromatic nitrogens is 4. The van der Waals surface area contributed by atoms with Crippen molar-refractivity contribution in [3.05, 3.63) is 95.6 Å². The number of aryl methyl sites for hydroxylation is 1. The van der Waals surface area contributed by atoms with Gasteiger partial charge in [-0.3, -0.25) is 9.80 Å². The van der Waals surface area contributed by atoms with Crippen molar-refractivity contribution < 1.29 is 14.9 Å². The molecule has 0 unspecified atom stereocenters. The Morgan fingerprint density at radius 3 is 2.50 bits per heavy atom. The van der Waals surface area contributed by atoms with E-state index in [1.165, 1.54) is 11.1 Å². The molecule has 0 aliphatic carbocycles. The molecule has 2 heterocycles. The Morgan fingerprint density at radius 1 is 0.905 bits per heavy atom. The van der Waals surface area contributed by atoms with E-state index >= 15 is 0 Å². The maximum Gasteiger partial charge on any atom is 0.204 e. The molecule has 0 radical (unpaired) electrons. The quantitative estimate of drug-likeness (QED) is 0.121. The summed E-state index contributed by atoms with van der Waals surface area (Å²) in [5.41, 5.74) is 4.54. The predicted molar refractivity (Wildman–Crippen MR) is 163 cm³/mol. The number of rotatable bonds is 14. The minimum Gasteiger partial charge on any atom is -0.508 e. The summed E-state index contributed by atoms with van der Waals surface area (Å²) in [4.78, 5) is 16.7. The molecule has 2 atom stereocenters. The highest BCUT2D eigenvalue weighted by Crippen LogP contribution is 2.34. The van der Waals surface area contributed by atoms with Gasteiger partial charge in [-0.05, 0) is 67.1 Å². The van der Waals surface area contributed by atoms with Gasteiger partial charge in [0.15, 0.2) is 0 Å². The molecule has 0 saturated carbocycles. The van der Waals surface area contributed by atoms with E-state index in [0.717, 1.165) is 56.6 Å².